The van der Waals surface area contributed by atoms with E-state index in [1.165, 1.54) is 61.0 Å². The van der Waals surface area contributed by atoms with Crippen LogP contribution >= 0.6 is 0 Å². The molecule has 74 heavy (non-hydrogen) atoms. The third-order valence-corrected chi connectivity index (χ3v) is 15.7. The second-order valence-corrected chi connectivity index (χ2v) is 19.6. The highest BCUT2D eigenvalue weighted by atomic mass is 16.3. The summed E-state index contributed by atoms with van der Waals surface area (Å²) in [5.41, 5.74) is 24.0. The van der Waals surface area contributed by atoms with Crippen LogP contribution in [0.4, 0.5) is 28.4 Å². The van der Waals surface area contributed by atoms with E-state index in [9.17, 15) is 0 Å². The average Bonchev–Trinajstić information content (AvgIpc) is 4.11. The third-order valence-electron chi connectivity index (χ3n) is 15.7. The van der Waals surface area contributed by atoms with Gasteiger partial charge < -0.3 is 14.6 Å². The van der Waals surface area contributed by atoms with E-state index in [0.717, 1.165) is 78.0 Å². The summed E-state index contributed by atoms with van der Waals surface area (Å²) in [4.78, 5) is 2.43. The van der Waals surface area contributed by atoms with Gasteiger partial charge in [-0.3, -0.25) is 0 Å². The van der Waals surface area contributed by atoms with Crippen molar-refractivity contribution >= 4 is 61.1 Å². The van der Waals surface area contributed by atoms with Crippen LogP contribution in [-0.4, -0.2) is 0 Å². The van der Waals surface area contributed by atoms with E-state index in [1.807, 2.05) is 0 Å². The molecule has 3 heteroatoms. The maximum Gasteiger partial charge on any atom is 0.143 e. The molecule has 0 radical (unpaired) electrons. The molecule has 0 saturated heterocycles. The second kappa shape index (κ2) is 16.7. The Hall–Kier alpha value is -9.70. The van der Waals surface area contributed by atoms with E-state index in [2.05, 4.69) is 283 Å². The van der Waals surface area contributed by atoms with Gasteiger partial charge in [0.05, 0.1) is 5.41 Å². The smallest absolute Gasteiger partial charge is 0.143 e. The minimum atomic E-state index is -0.466. The minimum Gasteiger partial charge on any atom is -0.455 e. The van der Waals surface area contributed by atoms with Gasteiger partial charge in [-0.15, -0.1) is 0 Å². The molecular weight excluding hydrogens is 897 g/mol. The zero-order valence-corrected chi connectivity index (χ0v) is 40.3. The summed E-state index contributed by atoms with van der Waals surface area (Å²) in [6.07, 6.45) is 0. The van der Waals surface area contributed by atoms with Gasteiger partial charge in [-0.25, -0.2) is 0 Å². The summed E-state index contributed by atoms with van der Waals surface area (Å²) in [5.74, 6) is 0. The van der Waals surface area contributed by atoms with Gasteiger partial charge in [-0.05, 0) is 144 Å². The lowest BCUT2D eigenvalue weighted by molar-refractivity contribution is 0.673. The first kappa shape index (κ1) is 42.0. The molecule has 13 aromatic rings. The highest BCUT2D eigenvalue weighted by Crippen LogP contribution is 2.63. The summed E-state index contributed by atoms with van der Waals surface area (Å²) in [6.45, 7) is 0. The predicted molar refractivity (Wildman–Crippen MR) is 308 cm³/mol. The third kappa shape index (κ3) is 6.40. The van der Waals surface area contributed by atoms with Crippen LogP contribution in [0, 0.1) is 0 Å². The van der Waals surface area contributed by atoms with Gasteiger partial charge in [0.15, 0.2) is 0 Å². The van der Waals surface area contributed by atoms with Gasteiger partial charge in [0, 0.05) is 50.2 Å². The summed E-state index contributed by atoms with van der Waals surface area (Å²) >= 11 is 0. The number of hydrogen-bond acceptors (Lipinski definition) is 3. The second-order valence-electron chi connectivity index (χ2n) is 19.6. The molecule has 0 bridgehead atoms. The van der Waals surface area contributed by atoms with Crippen molar-refractivity contribution in [3.63, 3.8) is 0 Å². The molecule has 15 rings (SSSR count). The number of anilines is 5. The van der Waals surface area contributed by atoms with Crippen molar-refractivity contribution in [3.8, 4) is 55.6 Å². The van der Waals surface area contributed by atoms with Crippen molar-refractivity contribution < 1.29 is 4.42 Å². The highest BCUT2D eigenvalue weighted by molar-refractivity contribution is 6.19. The number of nitrogens with zero attached hydrogens (tertiary/aromatic N) is 1. The molecule has 1 heterocycles. The first-order chi connectivity index (χ1) is 36.7. The largest absolute Gasteiger partial charge is 0.455 e. The van der Waals surface area contributed by atoms with Crippen molar-refractivity contribution in [2.75, 3.05) is 10.2 Å². The minimum absolute atomic E-state index is 0.466. The monoisotopic (exact) mass is 942 g/mol. The Morgan fingerprint density at radius 1 is 0.324 bits per heavy atom. The molecule has 2 aliphatic carbocycles. The van der Waals surface area contributed by atoms with Gasteiger partial charge in [0.1, 0.15) is 11.2 Å². The molecule has 0 amide bonds. The topological polar surface area (TPSA) is 28.4 Å². The summed E-state index contributed by atoms with van der Waals surface area (Å²) < 4.78 is 6.63. The Morgan fingerprint density at radius 2 is 0.865 bits per heavy atom. The highest BCUT2D eigenvalue weighted by Gasteiger charge is 2.51. The Labute approximate surface area is 429 Å². The lowest BCUT2D eigenvalue weighted by atomic mass is 9.70. The van der Waals surface area contributed by atoms with Gasteiger partial charge >= 0.3 is 0 Å². The van der Waals surface area contributed by atoms with E-state index in [4.69, 9.17) is 4.42 Å². The van der Waals surface area contributed by atoms with Gasteiger partial charge in [0.2, 0.25) is 0 Å². The Bertz CT molecular complexity index is 4280. The Kier molecular flexibility index (Phi) is 9.48. The number of hydrogen-bond donors (Lipinski definition) is 1. The molecule has 2 aliphatic rings. The maximum atomic E-state index is 6.63. The maximum absolute atomic E-state index is 6.63. The van der Waals surface area contributed by atoms with Crippen molar-refractivity contribution in [2.45, 2.75) is 5.41 Å². The van der Waals surface area contributed by atoms with E-state index in [0.29, 0.717) is 0 Å². The van der Waals surface area contributed by atoms with E-state index < -0.39 is 5.41 Å². The molecule has 3 nitrogen and oxygen atoms in total. The van der Waals surface area contributed by atoms with Crippen LogP contribution in [0.1, 0.15) is 22.3 Å². The average molecular weight is 943 g/mol. The first-order valence-electron chi connectivity index (χ1n) is 25.5. The molecule has 0 unspecified atom stereocenters. The molecule has 0 aliphatic heterocycles. The zero-order chi connectivity index (χ0) is 48.7. The van der Waals surface area contributed by atoms with Gasteiger partial charge in [0.25, 0.3) is 0 Å². The lowest BCUT2D eigenvalue weighted by Crippen LogP contribution is -2.26. The van der Waals surface area contributed by atoms with E-state index >= 15 is 0 Å². The van der Waals surface area contributed by atoms with Gasteiger partial charge in [-0.1, -0.05) is 206 Å². The first-order valence-corrected chi connectivity index (χ1v) is 25.5. The van der Waals surface area contributed by atoms with Crippen LogP contribution in [0.15, 0.2) is 277 Å². The molecule has 0 fully saturated rings. The number of para-hydroxylation sites is 1. The van der Waals surface area contributed by atoms with Crippen LogP contribution in [0.25, 0.3) is 88.3 Å². The summed E-state index contributed by atoms with van der Waals surface area (Å²) in [7, 11) is 0. The van der Waals surface area contributed by atoms with Crippen LogP contribution in [0.3, 0.4) is 0 Å². The molecule has 0 atom stereocenters. The van der Waals surface area contributed by atoms with Crippen molar-refractivity contribution in [3.05, 3.63) is 295 Å². The fourth-order valence-corrected chi connectivity index (χ4v) is 12.5. The summed E-state index contributed by atoms with van der Waals surface area (Å²) in [5, 5.41) is 8.30. The lowest BCUT2D eigenvalue weighted by Gasteiger charge is -2.32. The standard InChI is InChI=1S/C71H46N2O/c1-2-16-47(17-3-1)55-21-9-13-30-67(55)72-51-20-14-19-50(44-51)46-32-37-52(38-33-46)73(53-39-34-49(35-40-53)56-26-15-31-68-69(56)62-42-36-48-18-4-5-22-57(48)70(62)74-68)54-41-43-61-60-25-8-12-29-65(60)71(66(61)45-54)63-27-10-6-23-58(63)59-24-7-11-28-64(59)71/h1-45,72H. The van der Waals surface area contributed by atoms with Crippen LogP contribution in [0.5, 0.6) is 0 Å². The van der Waals surface area contributed by atoms with Crippen molar-refractivity contribution in [2.24, 2.45) is 0 Å². The van der Waals surface area contributed by atoms with E-state index in [-0.39, 0.29) is 0 Å². The Balaban J connectivity index is 0.860. The van der Waals surface area contributed by atoms with Crippen LogP contribution in [-0.2, 0) is 5.41 Å². The molecule has 346 valence electrons. The number of nitrogens with one attached hydrogen (secondary N) is 1. The predicted octanol–water partition coefficient (Wildman–Crippen LogP) is 19.3. The van der Waals surface area contributed by atoms with Crippen LogP contribution in [0.2, 0.25) is 0 Å². The van der Waals surface area contributed by atoms with Crippen molar-refractivity contribution in [1.29, 1.82) is 0 Å². The number of rotatable bonds is 8. The molecule has 1 aromatic heterocycles. The molecule has 1 N–H and O–H groups in total. The fourth-order valence-electron chi connectivity index (χ4n) is 12.5. The number of benzene rings is 12. The fraction of sp³-hybridized carbons (Fsp3) is 0.0141. The summed E-state index contributed by atoms with van der Waals surface area (Å²) in [6, 6.07) is 99.5. The SMILES string of the molecule is c1ccc(-c2ccccc2Nc2cccc(-c3ccc(N(c4ccc(-c5cccc6oc7c8ccccc8ccc7c56)cc4)c4ccc5c(c4)C4(c6ccccc6-c6ccccc64)c4ccccc4-5)cc3)c2)cc1. The zero-order valence-electron chi connectivity index (χ0n) is 40.3. The van der Waals surface area contributed by atoms with Crippen LogP contribution < -0.4 is 10.2 Å². The quantitative estimate of drug-likeness (QED) is 0.165. The molecule has 12 aromatic carbocycles. The number of furan rings is 1. The normalized spacial score (nSPS) is 12.7. The van der Waals surface area contributed by atoms with Gasteiger partial charge in [-0.2, -0.15) is 0 Å². The molecule has 1 spiro atoms. The van der Waals surface area contributed by atoms with Crippen molar-refractivity contribution in [1.82, 2.24) is 0 Å². The Morgan fingerprint density at radius 3 is 1.58 bits per heavy atom. The molecular formula is C71H46N2O. The number of fused-ring (bicyclic) bond motifs is 15. The van der Waals surface area contributed by atoms with E-state index in [1.54, 1.807) is 0 Å². The molecule has 0 saturated carbocycles.